The zero-order valence-electron chi connectivity index (χ0n) is 16.0. The van der Waals surface area contributed by atoms with Gasteiger partial charge in [-0.2, -0.15) is 0 Å². The molecule has 0 saturated carbocycles. The quantitative estimate of drug-likeness (QED) is 0.524. The molecule has 0 amide bonds. The van der Waals surface area contributed by atoms with Crippen molar-refractivity contribution in [3.05, 3.63) is 60.6 Å². The molecule has 0 fully saturated rings. The van der Waals surface area contributed by atoms with Gasteiger partial charge >= 0.3 is 0 Å². The number of hydrogen-bond acceptors (Lipinski definition) is 6. The van der Waals surface area contributed by atoms with E-state index < -0.39 is 10.0 Å². The van der Waals surface area contributed by atoms with Crippen LogP contribution in [0.25, 0.3) is 22.3 Å². The minimum absolute atomic E-state index is 0.0179. The summed E-state index contributed by atoms with van der Waals surface area (Å²) in [5.74, 6) is 0.346. The van der Waals surface area contributed by atoms with Crippen LogP contribution in [0.2, 0.25) is 0 Å². The average molecular weight is 408 g/mol. The Balaban J connectivity index is 1.74. The molecule has 0 bridgehead atoms. The van der Waals surface area contributed by atoms with Crippen LogP contribution in [0.15, 0.2) is 59.9 Å². The average Bonchev–Trinajstić information content (AvgIpc) is 3.08. The molecule has 0 atom stereocenters. The molecule has 0 radical (unpaired) electrons. The van der Waals surface area contributed by atoms with Crippen LogP contribution in [0.3, 0.4) is 0 Å². The Hall–Kier alpha value is -3.30. The van der Waals surface area contributed by atoms with E-state index >= 15 is 0 Å². The number of nitrogens with zero attached hydrogens (tertiary/aromatic N) is 4. The maximum absolute atomic E-state index is 11.6. The molecule has 3 N–H and O–H groups in total. The number of aryl methyl sites for hydroxylation is 2. The van der Waals surface area contributed by atoms with Crippen LogP contribution < -0.4 is 10.5 Å². The largest absolute Gasteiger partial charge is 0.346 e. The molecule has 0 aliphatic carbocycles. The first kappa shape index (κ1) is 19.0. The molecule has 0 spiro atoms. The van der Waals surface area contributed by atoms with Crippen LogP contribution in [-0.4, -0.2) is 27.9 Å². The highest BCUT2D eigenvalue weighted by Gasteiger charge is 2.15. The number of nitrogens with one attached hydrogen (secondary N) is 1. The van der Waals surface area contributed by atoms with Crippen molar-refractivity contribution in [2.45, 2.75) is 25.3 Å². The number of nitrogens with two attached hydrogens (primary N) is 1. The van der Waals surface area contributed by atoms with Gasteiger partial charge in [0, 0.05) is 36.4 Å². The SMILES string of the molecule is CCn1cc(-c2ccnc(Nc3cccc(S(N)(=O)=O)c3)n2)c2nccc(C)c21. The number of hydrogen-bond donors (Lipinski definition) is 2. The van der Waals surface area contributed by atoms with Gasteiger partial charge in [0.1, 0.15) is 0 Å². The minimum Gasteiger partial charge on any atom is -0.346 e. The summed E-state index contributed by atoms with van der Waals surface area (Å²) in [5.41, 5.74) is 5.27. The first-order valence-electron chi connectivity index (χ1n) is 9.04. The van der Waals surface area contributed by atoms with Crippen LogP contribution in [0.4, 0.5) is 11.6 Å². The lowest BCUT2D eigenvalue weighted by Gasteiger charge is -2.07. The van der Waals surface area contributed by atoms with E-state index in [1.54, 1.807) is 24.5 Å². The van der Waals surface area contributed by atoms with E-state index in [1.165, 1.54) is 12.1 Å². The van der Waals surface area contributed by atoms with E-state index in [-0.39, 0.29) is 4.90 Å². The molecule has 0 aliphatic rings. The third-order valence-corrected chi connectivity index (χ3v) is 5.56. The number of pyridine rings is 1. The van der Waals surface area contributed by atoms with Gasteiger partial charge in [-0.3, -0.25) is 4.98 Å². The molecule has 1 aromatic carbocycles. The zero-order valence-corrected chi connectivity index (χ0v) is 16.8. The van der Waals surface area contributed by atoms with Crippen molar-refractivity contribution in [3.8, 4) is 11.3 Å². The molecule has 3 heterocycles. The Labute approximate surface area is 168 Å². The molecule has 4 aromatic rings. The summed E-state index contributed by atoms with van der Waals surface area (Å²) in [6.07, 6.45) is 5.48. The van der Waals surface area contributed by atoms with E-state index in [1.807, 2.05) is 18.3 Å². The fourth-order valence-corrected chi connectivity index (χ4v) is 3.84. The molecule has 8 nitrogen and oxygen atoms in total. The van der Waals surface area contributed by atoms with E-state index in [0.717, 1.165) is 34.4 Å². The molecule has 0 unspecified atom stereocenters. The number of sulfonamides is 1. The van der Waals surface area contributed by atoms with Crippen LogP contribution in [0, 0.1) is 6.92 Å². The second kappa shape index (κ2) is 7.26. The first-order valence-corrected chi connectivity index (χ1v) is 10.6. The van der Waals surface area contributed by atoms with E-state index in [9.17, 15) is 8.42 Å². The predicted molar refractivity (Wildman–Crippen MR) is 112 cm³/mol. The number of anilines is 2. The van der Waals surface area contributed by atoms with E-state index in [2.05, 4.69) is 38.7 Å². The van der Waals surface area contributed by atoms with Gasteiger partial charge in [0.05, 0.1) is 21.6 Å². The predicted octanol–water partition coefficient (Wildman–Crippen LogP) is 3.21. The molecule has 3 aromatic heterocycles. The Morgan fingerprint density at radius 1 is 1.14 bits per heavy atom. The third-order valence-electron chi connectivity index (χ3n) is 4.64. The van der Waals surface area contributed by atoms with Crippen molar-refractivity contribution >= 4 is 32.7 Å². The summed E-state index contributed by atoms with van der Waals surface area (Å²) >= 11 is 0. The van der Waals surface area contributed by atoms with Crippen molar-refractivity contribution in [2.75, 3.05) is 5.32 Å². The van der Waals surface area contributed by atoms with Gasteiger partial charge in [0.25, 0.3) is 0 Å². The monoisotopic (exact) mass is 408 g/mol. The Kier molecular flexibility index (Phi) is 4.77. The maximum atomic E-state index is 11.6. The second-order valence-corrected chi connectivity index (χ2v) is 8.18. The highest BCUT2D eigenvalue weighted by atomic mass is 32.2. The molecule has 9 heteroatoms. The number of benzene rings is 1. The van der Waals surface area contributed by atoms with Gasteiger partial charge in [-0.25, -0.2) is 23.5 Å². The fourth-order valence-electron chi connectivity index (χ4n) is 3.28. The molecule has 0 aliphatic heterocycles. The molecular weight excluding hydrogens is 388 g/mol. The maximum Gasteiger partial charge on any atom is 0.238 e. The van der Waals surface area contributed by atoms with Gasteiger partial charge < -0.3 is 9.88 Å². The topological polar surface area (TPSA) is 116 Å². The zero-order chi connectivity index (χ0) is 20.6. The first-order chi connectivity index (χ1) is 13.9. The fraction of sp³-hybridized carbons (Fsp3) is 0.150. The number of fused-ring (bicyclic) bond motifs is 1. The van der Waals surface area contributed by atoms with Crippen LogP contribution in [-0.2, 0) is 16.6 Å². The highest BCUT2D eigenvalue weighted by Crippen LogP contribution is 2.30. The lowest BCUT2D eigenvalue weighted by molar-refractivity contribution is 0.598. The summed E-state index contributed by atoms with van der Waals surface area (Å²) in [5, 5.41) is 8.24. The highest BCUT2D eigenvalue weighted by molar-refractivity contribution is 7.89. The summed E-state index contributed by atoms with van der Waals surface area (Å²) in [4.78, 5) is 13.4. The smallest absolute Gasteiger partial charge is 0.238 e. The van der Waals surface area contributed by atoms with Crippen molar-refractivity contribution < 1.29 is 8.42 Å². The molecule has 29 heavy (non-hydrogen) atoms. The van der Waals surface area contributed by atoms with Crippen LogP contribution >= 0.6 is 0 Å². The van der Waals surface area contributed by atoms with Gasteiger partial charge in [-0.1, -0.05) is 6.07 Å². The Morgan fingerprint density at radius 2 is 1.93 bits per heavy atom. The number of rotatable bonds is 5. The summed E-state index contributed by atoms with van der Waals surface area (Å²) in [6, 6.07) is 10.0. The molecule has 4 rings (SSSR count). The van der Waals surface area contributed by atoms with E-state index in [4.69, 9.17) is 5.14 Å². The molecule has 148 valence electrons. The standard InChI is InChI=1S/C20H20N6O2S/c1-3-26-12-16(18-19(26)13(2)7-9-22-18)17-8-10-23-20(25-17)24-14-5-4-6-15(11-14)29(21,27)28/h4-12H,3H2,1-2H3,(H2,21,27,28)(H,23,24,25). The normalized spacial score (nSPS) is 11.7. The second-order valence-electron chi connectivity index (χ2n) is 6.62. The minimum atomic E-state index is -3.79. The van der Waals surface area contributed by atoms with Crippen molar-refractivity contribution in [2.24, 2.45) is 5.14 Å². The van der Waals surface area contributed by atoms with Crippen molar-refractivity contribution in [1.29, 1.82) is 0 Å². The molecule has 0 saturated heterocycles. The van der Waals surface area contributed by atoms with Crippen molar-refractivity contribution in [3.63, 3.8) is 0 Å². The van der Waals surface area contributed by atoms with Gasteiger partial charge in [0.2, 0.25) is 16.0 Å². The third kappa shape index (κ3) is 3.69. The Morgan fingerprint density at radius 3 is 2.69 bits per heavy atom. The van der Waals surface area contributed by atoms with Crippen molar-refractivity contribution in [1.82, 2.24) is 19.5 Å². The Bertz CT molecular complexity index is 1310. The lowest BCUT2D eigenvalue weighted by atomic mass is 10.1. The summed E-state index contributed by atoms with van der Waals surface area (Å²) < 4.78 is 25.3. The summed E-state index contributed by atoms with van der Waals surface area (Å²) in [7, 11) is -3.79. The number of primary sulfonamides is 1. The molecular formula is C20H20N6O2S. The van der Waals surface area contributed by atoms with Crippen LogP contribution in [0.5, 0.6) is 0 Å². The van der Waals surface area contributed by atoms with Gasteiger partial charge in [0.15, 0.2) is 0 Å². The summed E-state index contributed by atoms with van der Waals surface area (Å²) in [6.45, 7) is 4.96. The van der Waals surface area contributed by atoms with Crippen LogP contribution in [0.1, 0.15) is 12.5 Å². The lowest BCUT2D eigenvalue weighted by Crippen LogP contribution is -2.12. The van der Waals surface area contributed by atoms with E-state index in [0.29, 0.717) is 11.6 Å². The van der Waals surface area contributed by atoms with Gasteiger partial charge in [-0.05, 0) is 49.7 Å². The number of aromatic nitrogens is 4. The van der Waals surface area contributed by atoms with Gasteiger partial charge in [-0.15, -0.1) is 0 Å².